The van der Waals surface area contributed by atoms with Crippen molar-refractivity contribution in [2.75, 3.05) is 0 Å². The minimum Gasteiger partial charge on any atom is -0.445 e. The molecule has 1 aromatic carbocycles. The van der Waals surface area contributed by atoms with Gasteiger partial charge in [-0.1, -0.05) is 62.4 Å². The van der Waals surface area contributed by atoms with Gasteiger partial charge in [-0.2, -0.15) is 0 Å². The topological polar surface area (TPSA) is 58.6 Å². The number of nitrogens with one attached hydrogen (secondary N) is 1. The summed E-state index contributed by atoms with van der Waals surface area (Å²) in [4.78, 5) is 12.1. The van der Waals surface area contributed by atoms with Gasteiger partial charge in [-0.3, -0.25) is 0 Å². The van der Waals surface area contributed by atoms with Crippen LogP contribution < -0.4 is 5.32 Å². The molecule has 0 saturated heterocycles. The number of alkyl carbamates (subject to hydrolysis) is 1. The predicted molar refractivity (Wildman–Crippen MR) is 91.0 cm³/mol. The lowest BCUT2D eigenvalue weighted by Gasteiger charge is -2.34. The fraction of sp³-hybridized carbons (Fsp3) is 0.632. The molecule has 128 valence electrons. The van der Waals surface area contributed by atoms with Gasteiger partial charge in [-0.25, -0.2) is 4.79 Å². The summed E-state index contributed by atoms with van der Waals surface area (Å²) in [6, 6.07) is 9.32. The summed E-state index contributed by atoms with van der Waals surface area (Å²) in [7, 11) is 0. The highest BCUT2D eigenvalue weighted by Crippen LogP contribution is 2.29. The summed E-state index contributed by atoms with van der Waals surface area (Å²) < 4.78 is 5.28. The largest absolute Gasteiger partial charge is 0.445 e. The van der Waals surface area contributed by atoms with Gasteiger partial charge in [0.25, 0.3) is 0 Å². The van der Waals surface area contributed by atoms with E-state index in [4.69, 9.17) is 4.74 Å². The number of carbonyl (C=O) groups is 1. The van der Waals surface area contributed by atoms with E-state index in [-0.39, 0.29) is 12.6 Å². The van der Waals surface area contributed by atoms with E-state index < -0.39 is 11.7 Å². The highest BCUT2D eigenvalue weighted by Gasteiger charge is 2.31. The molecule has 0 heterocycles. The second-order valence-electron chi connectivity index (χ2n) is 7.15. The Morgan fingerprint density at radius 1 is 1.26 bits per heavy atom. The predicted octanol–water partition coefficient (Wildman–Crippen LogP) is 4.02. The van der Waals surface area contributed by atoms with E-state index in [0.717, 1.165) is 12.0 Å². The van der Waals surface area contributed by atoms with Gasteiger partial charge in [0, 0.05) is 0 Å². The first-order chi connectivity index (χ1) is 10.9. The summed E-state index contributed by atoms with van der Waals surface area (Å²) in [5.41, 5.74) is -0.00168. The van der Waals surface area contributed by atoms with E-state index in [2.05, 4.69) is 5.32 Å². The molecule has 1 aliphatic rings. The number of hydrogen-bond acceptors (Lipinski definition) is 3. The molecular weight excluding hydrogens is 290 g/mol. The molecule has 1 atom stereocenters. The molecule has 2 rings (SSSR count). The normalized spacial score (nSPS) is 17.5. The Morgan fingerprint density at radius 2 is 1.91 bits per heavy atom. The molecule has 4 nitrogen and oxygen atoms in total. The first-order valence-electron chi connectivity index (χ1n) is 8.65. The van der Waals surface area contributed by atoms with Gasteiger partial charge in [-0.15, -0.1) is 0 Å². The average Bonchev–Trinajstić information content (AvgIpc) is 2.53. The molecule has 0 spiro atoms. The molecule has 0 unspecified atom stereocenters. The first-order valence-corrected chi connectivity index (χ1v) is 8.65. The summed E-state index contributed by atoms with van der Waals surface area (Å²) in [6.07, 6.45) is 6.53. The van der Waals surface area contributed by atoms with Crippen molar-refractivity contribution in [1.82, 2.24) is 5.32 Å². The number of carbonyl (C=O) groups excluding carboxylic acids is 1. The molecule has 1 aliphatic carbocycles. The van der Waals surface area contributed by atoms with Crippen molar-refractivity contribution in [2.45, 2.75) is 70.6 Å². The molecule has 1 amide bonds. The van der Waals surface area contributed by atoms with Crippen LogP contribution in [0.5, 0.6) is 0 Å². The van der Waals surface area contributed by atoms with Crippen LogP contribution in [-0.4, -0.2) is 22.8 Å². The molecule has 0 aliphatic heterocycles. The van der Waals surface area contributed by atoms with E-state index in [0.29, 0.717) is 5.92 Å². The Bertz CT molecular complexity index is 475. The zero-order valence-corrected chi connectivity index (χ0v) is 14.3. The highest BCUT2D eigenvalue weighted by molar-refractivity contribution is 5.67. The number of aliphatic hydroxyl groups is 1. The van der Waals surface area contributed by atoms with E-state index in [9.17, 15) is 9.90 Å². The van der Waals surface area contributed by atoms with Crippen molar-refractivity contribution in [2.24, 2.45) is 5.92 Å². The van der Waals surface area contributed by atoms with E-state index in [1.54, 1.807) is 13.8 Å². The second-order valence-corrected chi connectivity index (χ2v) is 7.15. The van der Waals surface area contributed by atoms with Crippen molar-refractivity contribution in [3.8, 4) is 0 Å². The maximum atomic E-state index is 12.1. The van der Waals surface area contributed by atoms with Crippen LogP contribution in [0.4, 0.5) is 4.79 Å². The van der Waals surface area contributed by atoms with Crippen molar-refractivity contribution >= 4 is 6.09 Å². The number of rotatable bonds is 6. The molecule has 0 aromatic heterocycles. The van der Waals surface area contributed by atoms with Crippen molar-refractivity contribution in [1.29, 1.82) is 0 Å². The molecule has 2 N–H and O–H groups in total. The molecule has 0 bridgehead atoms. The van der Waals surface area contributed by atoms with Gasteiger partial charge in [0.1, 0.15) is 6.61 Å². The fourth-order valence-electron chi connectivity index (χ4n) is 3.19. The van der Waals surface area contributed by atoms with Crippen LogP contribution in [0.2, 0.25) is 0 Å². The average molecular weight is 319 g/mol. The van der Waals surface area contributed by atoms with Gasteiger partial charge in [0.2, 0.25) is 0 Å². The third kappa shape index (κ3) is 6.22. The molecular formula is C19H29NO3. The monoisotopic (exact) mass is 319 g/mol. The maximum absolute atomic E-state index is 12.1. The van der Waals surface area contributed by atoms with Gasteiger partial charge in [-0.05, 0) is 31.7 Å². The van der Waals surface area contributed by atoms with Crippen LogP contribution in [0.15, 0.2) is 30.3 Å². The van der Waals surface area contributed by atoms with Gasteiger partial charge in [0.05, 0.1) is 11.6 Å². The Hall–Kier alpha value is -1.55. The van der Waals surface area contributed by atoms with Crippen LogP contribution in [0.1, 0.15) is 57.9 Å². The van der Waals surface area contributed by atoms with Crippen LogP contribution in [0, 0.1) is 5.92 Å². The zero-order valence-electron chi connectivity index (χ0n) is 14.3. The molecule has 1 saturated carbocycles. The Labute approximate surface area is 139 Å². The lowest BCUT2D eigenvalue weighted by atomic mass is 9.81. The number of benzene rings is 1. The van der Waals surface area contributed by atoms with Gasteiger partial charge in [0.15, 0.2) is 0 Å². The SMILES string of the molecule is CC(C)(O)[C@H](CC1CCCCC1)NC(=O)OCc1ccccc1. The zero-order chi connectivity index (χ0) is 16.7. The quantitative estimate of drug-likeness (QED) is 0.832. The van der Waals surface area contributed by atoms with E-state index >= 15 is 0 Å². The van der Waals surface area contributed by atoms with Gasteiger partial charge >= 0.3 is 6.09 Å². The van der Waals surface area contributed by atoms with Crippen molar-refractivity contribution in [3.05, 3.63) is 35.9 Å². The lowest BCUT2D eigenvalue weighted by Crippen LogP contribution is -2.50. The molecule has 23 heavy (non-hydrogen) atoms. The smallest absolute Gasteiger partial charge is 0.407 e. The van der Waals surface area contributed by atoms with Crippen LogP contribution in [0.3, 0.4) is 0 Å². The maximum Gasteiger partial charge on any atom is 0.407 e. The van der Waals surface area contributed by atoms with E-state index in [1.165, 1.54) is 32.1 Å². The first kappa shape index (κ1) is 17.8. The second kappa shape index (κ2) is 8.34. The Morgan fingerprint density at radius 3 is 2.52 bits per heavy atom. The third-order valence-electron chi connectivity index (χ3n) is 4.65. The van der Waals surface area contributed by atoms with Crippen LogP contribution >= 0.6 is 0 Å². The Balaban J connectivity index is 1.85. The van der Waals surface area contributed by atoms with E-state index in [1.807, 2.05) is 30.3 Å². The van der Waals surface area contributed by atoms with Crippen LogP contribution in [-0.2, 0) is 11.3 Å². The number of amides is 1. The van der Waals surface area contributed by atoms with Crippen molar-refractivity contribution < 1.29 is 14.6 Å². The standard InChI is InChI=1S/C19H29NO3/c1-19(2,22)17(13-15-9-5-3-6-10-15)20-18(21)23-14-16-11-7-4-8-12-16/h4,7-8,11-12,15,17,22H,3,5-6,9-10,13-14H2,1-2H3,(H,20,21)/t17-/m0/s1. The summed E-state index contributed by atoms with van der Waals surface area (Å²) in [5.74, 6) is 0.578. The molecule has 1 aromatic rings. The Kier molecular flexibility index (Phi) is 6.46. The minimum atomic E-state index is -0.955. The molecule has 4 heteroatoms. The molecule has 1 fully saturated rings. The number of ether oxygens (including phenoxy) is 1. The third-order valence-corrected chi connectivity index (χ3v) is 4.65. The summed E-state index contributed by atoms with van der Waals surface area (Å²) in [5, 5.41) is 13.2. The van der Waals surface area contributed by atoms with Crippen molar-refractivity contribution in [3.63, 3.8) is 0 Å². The fourth-order valence-corrected chi connectivity index (χ4v) is 3.19. The summed E-state index contributed by atoms with van der Waals surface area (Å²) in [6.45, 7) is 3.74. The number of hydrogen-bond donors (Lipinski definition) is 2. The molecule has 0 radical (unpaired) electrons. The van der Waals surface area contributed by atoms with Crippen LogP contribution in [0.25, 0.3) is 0 Å². The lowest BCUT2D eigenvalue weighted by molar-refractivity contribution is 0.0227. The minimum absolute atomic E-state index is 0.245. The highest BCUT2D eigenvalue weighted by atomic mass is 16.5. The summed E-state index contributed by atoms with van der Waals surface area (Å²) >= 11 is 0. The van der Waals surface area contributed by atoms with Gasteiger partial charge < -0.3 is 15.2 Å².